The molecule has 0 aliphatic heterocycles. The lowest BCUT2D eigenvalue weighted by molar-refractivity contribution is 0.481. The second-order valence-corrected chi connectivity index (χ2v) is 5.84. The van der Waals surface area contributed by atoms with Crippen molar-refractivity contribution in [3.8, 4) is 29.9 Å². The van der Waals surface area contributed by atoms with E-state index in [2.05, 4.69) is 44.9 Å². The van der Waals surface area contributed by atoms with Gasteiger partial charge < -0.3 is 4.74 Å². The minimum absolute atomic E-state index is 0.115. The maximum absolute atomic E-state index is 8.95. The molecule has 0 aliphatic rings. The van der Waals surface area contributed by atoms with Crippen molar-refractivity contribution in [2.45, 2.75) is 26.2 Å². The van der Waals surface area contributed by atoms with Crippen molar-refractivity contribution in [2.24, 2.45) is 0 Å². The first-order valence-corrected chi connectivity index (χ1v) is 6.73. The Morgan fingerprint density at radius 3 is 2.10 bits per heavy atom. The van der Waals surface area contributed by atoms with Gasteiger partial charge in [-0.3, -0.25) is 0 Å². The van der Waals surface area contributed by atoms with Crippen molar-refractivity contribution < 1.29 is 4.74 Å². The Labute approximate surface area is 126 Å². The van der Waals surface area contributed by atoms with Gasteiger partial charge in [-0.1, -0.05) is 38.8 Å². The van der Waals surface area contributed by atoms with Crippen molar-refractivity contribution in [3.63, 3.8) is 0 Å². The highest BCUT2D eigenvalue weighted by Crippen LogP contribution is 2.27. The summed E-state index contributed by atoms with van der Waals surface area (Å²) in [5.41, 5.74) is 2.39. The van der Waals surface area contributed by atoms with Gasteiger partial charge in [-0.15, -0.1) is 6.42 Å². The lowest BCUT2D eigenvalue weighted by Gasteiger charge is -2.19. The Morgan fingerprint density at radius 1 is 0.952 bits per heavy atom. The zero-order valence-corrected chi connectivity index (χ0v) is 12.5. The van der Waals surface area contributed by atoms with Crippen molar-refractivity contribution in [1.29, 1.82) is 5.26 Å². The van der Waals surface area contributed by atoms with Crippen LogP contribution in [-0.2, 0) is 5.41 Å². The average Bonchev–Trinajstić information content (AvgIpc) is 2.46. The third kappa shape index (κ3) is 3.44. The molecule has 2 rings (SSSR count). The number of hydrogen-bond acceptors (Lipinski definition) is 2. The monoisotopic (exact) mass is 275 g/mol. The van der Waals surface area contributed by atoms with Crippen LogP contribution >= 0.6 is 0 Å². The summed E-state index contributed by atoms with van der Waals surface area (Å²) in [5.74, 6) is 3.88. The van der Waals surface area contributed by atoms with E-state index in [4.69, 9.17) is 16.4 Å². The number of terminal acetylenes is 1. The number of ether oxygens (including phenoxy) is 1. The van der Waals surface area contributed by atoms with Crippen LogP contribution in [0.1, 0.15) is 37.5 Å². The molecule has 0 spiro atoms. The molecule has 104 valence electrons. The Balaban J connectivity index is 2.23. The van der Waals surface area contributed by atoms with Gasteiger partial charge in [0.1, 0.15) is 17.6 Å². The molecule has 2 nitrogen and oxygen atoms in total. The maximum atomic E-state index is 8.95. The Morgan fingerprint density at radius 2 is 1.57 bits per heavy atom. The van der Waals surface area contributed by atoms with Gasteiger partial charge in [-0.2, -0.15) is 5.26 Å². The molecule has 0 heterocycles. The summed E-state index contributed by atoms with van der Waals surface area (Å²) in [6.07, 6.45) is 5.40. The first-order chi connectivity index (χ1) is 9.94. The second kappa shape index (κ2) is 5.73. The summed E-state index contributed by atoms with van der Waals surface area (Å²) in [7, 11) is 0. The van der Waals surface area contributed by atoms with Crippen LogP contribution in [0.2, 0.25) is 0 Å². The molecular formula is C19H17NO. The molecule has 0 N–H and O–H groups in total. The van der Waals surface area contributed by atoms with Crippen molar-refractivity contribution in [3.05, 3.63) is 59.2 Å². The lowest BCUT2D eigenvalue weighted by Crippen LogP contribution is -2.10. The van der Waals surface area contributed by atoms with Gasteiger partial charge in [0.05, 0.1) is 5.56 Å². The summed E-state index contributed by atoms with van der Waals surface area (Å²) < 4.78 is 5.78. The van der Waals surface area contributed by atoms with Crippen LogP contribution in [0.25, 0.3) is 0 Å². The molecule has 2 aromatic carbocycles. The smallest absolute Gasteiger partial charge is 0.128 e. The Bertz CT molecular complexity index is 722. The van der Waals surface area contributed by atoms with E-state index >= 15 is 0 Å². The molecule has 0 aliphatic carbocycles. The van der Waals surface area contributed by atoms with Crippen molar-refractivity contribution in [2.75, 3.05) is 0 Å². The molecule has 0 bridgehead atoms. The largest absolute Gasteiger partial charge is 0.457 e. The van der Waals surface area contributed by atoms with Gasteiger partial charge in [0.2, 0.25) is 0 Å². The normalized spacial score (nSPS) is 10.5. The first kappa shape index (κ1) is 14.7. The standard InChI is InChI=1S/C19H17NO/c1-5-14-12-18(9-6-15(14)13-20)21-17-10-7-16(8-11-17)19(2,3)4/h1,6-12H,2-4H3. The van der Waals surface area contributed by atoms with E-state index in [1.54, 1.807) is 18.2 Å². The van der Waals surface area contributed by atoms with Crippen LogP contribution in [0.3, 0.4) is 0 Å². The third-order valence-electron chi connectivity index (χ3n) is 3.22. The molecule has 0 saturated carbocycles. The number of nitriles is 1. The number of hydrogen-bond donors (Lipinski definition) is 0. The van der Waals surface area contributed by atoms with Gasteiger partial charge in [-0.05, 0) is 41.3 Å². The molecular weight excluding hydrogens is 258 g/mol. The predicted octanol–water partition coefficient (Wildman–Crippen LogP) is 4.63. The van der Waals surface area contributed by atoms with E-state index in [-0.39, 0.29) is 5.41 Å². The fraction of sp³-hybridized carbons (Fsp3) is 0.211. The molecule has 0 saturated heterocycles. The Hall–Kier alpha value is -2.71. The third-order valence-corrected chi connectivity index (χ3v) is 3.22. The number of benzene rings is 2. The fourth-order valence-corrected chi connectivity index (χ4v) is 1.96. The van der Waals surface area contributed by atoms with Crippen molar-refractivity contribution in [1.82, 2.24) is 0 Å². The van der Waals surface area contributed by atoms with Crippen LogP contribution in [0.4, 0.5) is 0 Å². The number of nitrogens with zero attached hydrogens (tertiary/aromatic N) is 1. The molecule has 0 fully saturated rings. The summed E-state index contributed by atoms with van der Waals surface area (Å²) in [6, 6.07) is 15.2. The Kier molecular flexibility index (Phi) is 4.01. The molecule has 0 atom stereocenters. The molecule has 21 heavy (non-hydrogen) atoms. The molecule has 2 aromatic rings. The average molecular weight is 275 g/mol. The quantitative estimate of drug-likeness (QED) is 0.749. The van der Waals surface area contributed by atoms with E-state index < -0.39 is 0 Å². The zero-order valence-electron chi connectivity index (χ0n) is 12.5. The summed E-state index contributed by atoms with van der Waals surface area (Å²) >= 11 is 0. The first-order valence-electron chi connectivity index (χ1n) is 6.73. The van der Waals surface area contributed by atoms with Gasteiger partial charge >= 0.3 is 0 Å². The highest BCUT2D eigenvalue weighted by Gasteiger charge is 2.13. The van der Waals surface area contributed by atoms with Crippen LogP contribution in [0, 0.1) is 23.7 Å². The molecule has 0 amide bonds. The molecule has 0 unspecified atom stereocenters. The van der Waals surface area contributed by atoms with Crippen LogP contribution in [0.15, 0.2) is 42.5 Å². The lowest BCUT2D eigenvalue weighted by atomic mass is 9.87. The van der Waals surface area contributed by atoms with E-state index in [0.717, 1.165) is 5.75 Å². The topological polar surface area (TPSA) is 33.0 Å². The molecule has 2 heteroatoms. The molecule has 0 radical (unpaired) electrons. The fourth-order valence-electron chi connectivity index (χ4n) is 1.96. The maximum Gasteiger partial charge on any atom is 0.128 e. The summed E-state index contributed by atoms with van der Waals surface area (Å²) in [5, 5.41) is 8.95. The van der Waals surface area contributed by atoms with Gasteiger partial charge in [0, 0.05) is 5.56 Å². The predicted molar refractivity (Wildman–Crippen MR) is 84.3 cm³/mol. The van der Waals surface area contributed by atoms with Crippen molar-refractivity contribution >= 4 is 0 Å². The highest BCUT2D eigenvalue weighted by atomic mass is 16.5. The van der Waals surface area contributed by atoms with E-state index in [0.29, 0.717) is 16.9 Å². The highest BCUT2D eigenvalue weighted by molar-refractivity contribution is 5.51. The SMILES string of the molecule is C#Cc1cc(Oc2ccc(C(C)(C)C)cc2)ccc1C#N. The van der Waals surface area contributed by atoms with E-state index in [1.807, 2.05) is 12.1 Å². The summed E-state index contributed by atoms with van der Waals surface area (Å²) in [4.78, 5) is 0. The van der Waals surface area contributed by atoms with E-state index in [9.17, 15) is 0 Å². The van der Waals surface area contributed by atoms with E-state index in [1.165, 1.54) is 5.56 Å². The van der Waals surface area contributed by atoms with Gasteiger partial charge in [0.15, 0.2) is 0 Å². The zero-order chi connectivity index (χ0) is 15.5. The van der Waals surface area contributed by atoms with Gasteiger partial charge in [-0.25, -0.2) is 0 Å². The molecule has 0 aromatic heterocycles. The van der Waals surface area contributed by atoms with Crippen LogP contribution in [-0.4, -0.2) is 0 Å². The van der Waals surface area contributed by atoms with Crippen LogP contribution < -0.4 is 4.74 Å². The second-order valence-electron chi connectivity index (χ2n) is 5.84. The minimum Gasteiger partial charge on any atom is -0.457 e. The minimum atomic E-state index is 0.115. The van der Waals surface area contributed by atoms with Crippen LogP contribution in [0.5, 0.6) is 11.5 Å². The van der Waals surface area contributed by atoms with Gasteiger partial charge in [0.25, 0.3) is 0 Å². The number of rotatable bonds is 2. The summed E-state index contributed by atoms with van der Waals surface area (Å²) in [6.45, 7) is 6.51.